The second-order valence-electron chi connectivity index (χ2n) is 6.76. The number of para-hydroxylation sites is 2. The van der Waals surface area contributed by atoms with Crippen molar-refractivity contribution < 1.29 is 9.47 Å². The Bertz CT molecular complexity index is 1320. The summed E-state index contributed by atoms with van der Waals surface area (Å²) in [6, 6.07) is 23.1. The Balaban J connectivity index is 1.50. The molecule has 0 radical (unpaired) electrons. The van der Waals surface area contributed by atoms with Crippen LogP contribution in [-0.2, 0) is 0 Å². The first-order valence-corrected chi connectivity index (χ1v) is 9.74. The Hall–Kier alpha value is -4.39. The van der Waals surface area contributed by atoms with Gasteiger partial charge >= 0.3 is 0 Å². The quantitative estimate of drug-likeness (QED) is 0.408. The minimum Gasteiger partial charge on any atom is -0.481 e. The molecular weight excluding hydrogens is 390 g/mol. The van der Waals surface area contributed by atoms with Crippen molar-refractivity contribution in [2.24, 2.45) is 0 Å². The molecule has 0 aliphatic rings. The van der Waals surface area contributed by atoms with Gasteiger partial charge in [0.1, 0.15) is 17.3 Å². The molecule has 7 heteroatoms. The third kappa shape index (κ3) is 3.89. The van der Waals surface area contributed by atoms with Gasteiger partial charge in [-0.1, -0.05) is 36.4 Å². The second kappa shape index (κ2) is 8.16. The molecule has 0 aliphatic carbocycles. The van der Waals surface area contributed by atoms with Crippen molar-refractivity contribution in [1.82, 2.24) is 19.6 Å². The molecule has 0 spiro atoms. The number of pyridine rings is 1. The maximum atomic E-state index is 6.13. The maximum Gasteiger partial charge on any atom is 0.213 e. The van der Waals surface area contributed by atoms with E-state index >= 15 is 0 Å². The highest BCUT2D eigenvalue weighted by atomic mass is 16.5. The van der Waals surface area contributed by atoms with Crippen molar-refractivity contribution in [3.05, 3.63) is 91.4 Å². The standard InChI is InChI=1S/C24H19N5O2/c1-30-23-12-11-17(15-25-23)27-22-13-14-29-24(28-22)20(16-26-29)19-9-5-6-10-21(19)31-18-7-3-2-4-8-18/h2-16H,1H3,(H,27,28). The first-order valence-electron chi connectivity index (χ1n) is 9.74. The first-order chi connectivity index (χ1) is 15.3. The zero-order valence-corrected chi connectivity index (χ0v) is 16.8. The summed E-state index contributed by atoms with van der Waals surface area (Å²) in [5, 5.41) is 7.72. The summed E-state index contributed by atoms with van der Waals surface area (Å²) in [5.41, 5.74) is 3.32. The summed E-state index contributed by atoms with van der Waals surface area (Å²) < 4.78 is 13.0. The number of nitrogens with zero attached hydrogens (tertiary/aromatic N) is 4. The van der Waals surface area contributed by atoms with Gasteiger partial charge in [0.2, 0.25) is 5.88 Å². The van der Waals surface area contributed by atoms with E-state index in [0.29, 0.717) is 11.7 Å². The number of fused-ring (bicyclic) bond motifs is 1. The highest BCUT2D eigenvalue weighted by molar-refractivity contribution is 5.82. The van der Waals surface area contributed by atoms with Gasteiger partial charge in [-0.3, -0.25) is 0 Å². The van der Waals surface area contributed by atoms with E-state index in [1.165, 1.54) is 0 Å². The number of anilines is 2. The molecule has 0 saturated heterocycles. The molecule has 7 nitrogen and oxygen atoms in total. The van der Waals surface area contributed by atoms with Crippen LogP contribution in [0.15, 0.2) is 91.4 Å². The van der Waals surface area contributed by atoms with Crippen molar-refractivity contribution in [3.63, 3.8) is 0 Å². The number of nitrogens with one attached hydrogen (secondary N) is 1. The molecule has 0 unspecified atom stereocenters. The van der Waals surface area contributed by atoms with Crippen LogP contribution >= 0.6 is 0 Å². The molecule has 0 atom stereocenters. The van der Waals surface area contributed by atoms with Crippen LogP contribution in [0, 0.1) is 0 Å². The largest absolute Gasteiger partial charge is 0.481 e. The van der Waals surface area contributed by atoms with Crippen molar-refractivity contribution in [1.29, 1.82) is 0 Å². The normalized spacial score (nSPS) is 10.7. The smallest absolute Gasteiger partial charge is 0.213 e. The van der Waals surface area contributed by atoms with E-state index in [1.54, 1.807) is 30.1 Å². The number of aromatic nitrogens is 4. The van der Waals surface area contributed by atoms with E-state index in [2.05, 4.69) is 15.4 Å². The molecule has 31 heavy (non-hydrogen) atoms. The fourth-order valence-corrected chi connectivity index (χ4v) is 3.25. The molecule has 0 saturated carbocycles. The van der Waals surface area contributed by atoms with E-state index in [9.17, 15) is 0 Å². The third-order valence-electron chi connectivity index (χ3n) is 4.74. The molecule has 152 valence electrons. The van der Waals surface area contributed by atoms with Gasteiger partial charge in [0, 0.05) is 17.8 Å². The molecule has 5 aromatic rings. The van der Waals surface area contributed by atoms with Crippen LogP contribution < -0.4 is 14.8 Å². The molecule has 0 aliphatic heterocycles. The van der Waals surface area contributed by atoms with Crippen LogP contribution in [0.5, 0.6) is 17.4 Å². The van der Waals surface area contributed by atoms with E-state index in [0.717, 1.165) is 34.0 Å². The molecule has 0 fully saturated rings. The number of hydrogen-bond acceptors (Lipinski definition) is 6. The zero-order valence-electron chi connectivity index (χ0n) is 16.8. The number of rotatable bonds is 6. The molecule has 3 aromatic heterocycles. The highest BCUT2D eigenvalue weighted by Gasteiger charge is 2.14. The van der Waals surface area contributed by atoms with Crippen molar-refractivity contribution in [2.75, 3.05) is 12.4 Å². The van der Waals surface area contributed by atoms with Gasteiger partial charge in [0.05, 0.1) is 30.8 Å². The molecule has 0 amide bonds. The maximum absolute atomic E-state index is 6.13. The Morgan fingerprint density at radius 2 is 1.68 bits per heavy atom. The molecule has 0 bridgehead atoms. The number of hydrogen-bond donors (Lipinski definition) is 1. The predicted molar refractivity (Wildman–Crippen MR) is 119 cm³/mol. The van der Waals surface area contributed by atoms with Crippen molar-refractivity contribution in [3.8, 4) is 28.5 Å². The van der Waals surface area contributed by atoms with Crippen LogP contribution in [0.1, 0.15) is 0 Å². The van der Waals surface area contributed by atoms with E-state index in [4.69, 9.17) is 14.5 Å². The van der Waals surface area contributed by atoms with Crippen LogP contribution in [0.3, 0.4) is 0 Å². The fraction of sp³-hybridized carbons (Fsp3) is 0.0417. The van der Waals surface area contributed by atoms with Crippen LogP contribution in [0.25, 0.3) is 16.8 Å². The number of methoxy groups -OCH3 is 1. The van der Waals surface area contributed by atoms with Crippen molar-refractivity contribution >= 4 is 17.2 Å². The minimum absolute atomic E-state index is 0.557. The summed E-state index contributed by atoms with van der Waals surface area (Å²) >= 11 is 0. The average molecular weight is 409 g/mol. The zero-order chi connectivity index (χ0) is 21.0. The Labute approximate surface area is 178 Å². The topological polar surface area (TPSA) is 73.6 Å². The molecule has 1 N–H and O–H groups in total. The first kappa shape index (κ1) is 18.6. The van der Waals surface area contributed by atoms with Crippen molar-refractivity contribution in [2.45, 2.75) is 0 Å². The monoisotopic (exact) mass is 409 g/mol. The van der Waals surface area contributed by atoms with Crippen LogP contribution in [-0.4, -0.2) is 26.7 Å². The lowest BCUT2D eigenvalue weighted by Gasteiger charge is -2.11. The van der Waals surface area contributed by atoms with Gasteiger partial charge in [-0.05, 0) is 30.3 Å². The number of ether oxygens (including phenoxy) is 2. The van der Waals surface area contributed by atoms with E-state index < -0.39 is 0 Å². The van der Waals surface area contributed by atoms with Gasteiger partial charge in [0.15, 0.2) is 5.65 Å². The SMILES string of the molecule is COc1ccc(Nc2ccn3ncc(-c4ccccc4Oc4ccccc4)c3n2)cn1. The van der Waals surface area contributed by atoms with E-state index in [1.807, 2.05) is 72.9 Å². The Morgan fingerprint density at radius 1 is 0.839 bits per heavy atom. The summed E-state index contributed by atoms with van der Waals surface area (Å²) in [6.07, 6.45) is 5.37. The summed E-state index contributed by atoms with van der Waals surface area (Å²) in [4.78, 5) is 8.99. The van der Waals surface area contributed by atoms with Crippen LogP contribution in [0.2, 0.25) is 0 Å². The molecule has 5 rings (SSSR count). The van der Waals surface area contributed by atoms with Gasteiger partial charge < -0.3 is 14.8 Å². The molecule has 3 heterocycles. The molecular formula is C24H19N5O2. The van der Waals surface area contributed by atoms with Gasteiger partial charge in [0.25, 0.3) is 0 Å². The van der Waals surface area contributed by atoms with E-state index in [-0.39, 0.29) is 0 Å². The lowest BCUT2D eigenvalue weighted by Crippen LogP contribution is -1.98. The summed E-state index contributed by atoms with van der Waals surface area (Å²) in [5.74, 6) is 2.75. The van der Waals surface area contributed by atoms with Gasteiger partial charge in [-0.25, -0.2) is 14.5 Å². The highest BCUT2D eigenvalue weighted by Crippen LogP contribution is 2.35. The Kier molecular flexibility index (Phi) is 4.90. The lowest BCUT2D eigenvalue weighted by molar-refractivity contribution is 0.398. The average Bonchev–Trinajstić information content (AvgIpc) is 3.24. The van der Waals surface area contributed by atoms with Gasteiger partial charge in [-0.15, -0.1) is 0 Å². The minimum atomic E-state index is 0.557. The fourth-order valence-electron chi connectivity index (χ4n) is 3.25. The Morgan fingerprint density at radius 3 is 2.48 bits per heavy atom. The lowest BCUT2D eigenvalue weighted by atomic mass is 10.1. The second-order valence-corrected chi connectivity index (χ2v) is 6.76. The van der Waals surface area contributed by atoms with Crippen LogP contribution in [0.4, 0.5) is 11.5 Å². The predicted octanol–water partition coefficient (Wildman–Crippen LogP) is 5.34. The summed E-state index contributed by atoms with van der Waals surface area (Å²) in [7, 11) is 1.59. The van der Waals surface area contributed by atoms with Gasteiger partial charge in [-0.2, -0.15) is 5.10 Å². The third-order valence-corrected chi connectivity index (χ3v) is 4.74. The number of benzene rings is 2. The summed E-state index contributed by atoms with van der Waals surface area (Å²) in [6.45, 7) is 0. The molecule has 2 aromatic carbocycles.